The minimum Gasteiger partial charge on any atom is -0.494 e. The molecule has 0 bridgehead atoms. The normalized spacial score (nSPS) is 15.8. The lowest BCUT2D eigenvalue weighted by molar-refractivity contribution is -0.135. The van der Waals surface area contributed by atoms with Gasteiger partial charge in [-0.05, 0) is 96.4 Å². The lowest BCUT2D eigenvalue weighted by atomic mass is 10.0. The molecule has 3 amide bonds. The SMILES string of the molecule is CCc1ncc2c(P(C)(C)=O)c(Nc3nc(Nc4cc(CC)c(N5CCC(NCCNC(=O)Cc6ccc7c(c6)oc(=O)n7C6CCC(=O)NC6=O)CC5)cc4OC)ncc3Br)ccc2n1. The molecule has 0 radical (unpaired) electrons. The highest BCUT2D eigenvalue weighted by molar-refractivity contribution is 9.10. The van der Waals surface area contributed by atoms with Crippen molar-refractivity contribution >= 4 is 96.9 Å². The van der Waals surface area contributed by atoms with Gasteiger partial charge in [0.05, 0.1) is 40.4 Å². The summed E-state index contributed by atoms with van der Waals surface area (Å²) in [5, 5.41) is 17.0. The number of benzene rings is 3. The van der Waals surface area contributed by atoms with Gasteiger partial charge in [-0.15, -0.1) is 0 Å². The minimum atomic E-state index is -2.79. The average molecular weight is 983 g/mol. The first-order valence-electron chi connectivity index (χ1n) is 22.1. The second-order valence-electron chi connectivity index (χ2n) is 16.8. The lowest BCUT2D eigenvalue weighted by Gasteiger charge is -2.35. The van der Waals surface area contributed by atoms with Crippen LogP contribution < -0.4 is 47.3 Å². The van der Waals surface area contributed by atoms with Crippen LogP contribution in [-0.4, -0.2) is 94.9 Å². The van der Waals surface area contributed by atoms with Crippen LogP contribution in [0.1, 0.15) is 62.5 Å². The highest BCUT2D eigenvalue weighted by Gasteiger charge is 2.31. The molecule has 66 heavy (non-hydrogen) atoms. The molecular formula is C46H53BrN11O7P. The Bertz CT molecular complexity index is 2940. The summed E-state index contributed by atoms with van der Waals surface area (Å²) in [6.07, 6.45) is 7.19. The molecule has 0 aliphatic carbocycles. The van der Waals surface area contributed by atoms with Crippen LogP contribution in [0.3, 0.4) is 0 Å². The van der Waals surface area contributed by atoms with Crippen molar-refractivity contribution in [2.75, 3.05) is 62.2 Å². The maximum Gasteiger partial charge on any atom is 0.420 e. The number of nitrogens with one attached hydrogen (secondary N) is 5. The molecule has 5 N–H and O–H groups in total. The molecule has 346 valence electrons. The number of ether oxygens (including phenoxy) is 1. The second-order valence-corrected chi connectivity index (χ2v) is 20.8. The fourth-order valence-corrected chi connectivity index (χ4v) is 10.4. The number of hydrogen-bond donors (Lipinski definition) is 5. The Kier molecular flexibility index (Phi) is 13.9. The highest BCUT2D eigenvalue weighted by atomic mass is 79.9. The number of hydrogen-bond acceptors (Lipinski definition) is 15. The fourth-order valence-electron chi connectivity index (χ4n) is 8.67. The number of imide groups is 1. The van der Waals surface area contributed by atoms with Crippen LogP contribution in [0.25, 0.3) is 22.0 Å². The van der Waals surface area contributed by atoms with Crippen molar-refractivity contribution in [1.29, 1.82) is 0 Å². The number of rotatable bonds is 16. The largest absolute Gasteiger partial charge is 0.494 e. The number of fused-ring (bicyclic) bond motifs is 2. The third-order valence-electron chi connectivity index (χ3n) is 11.9. The number of aromatic nitrogens is 5. The molecule has 0 saturated carbocycles. The van der Waals surface area contributed by atoms with E-state index in [9.17, 15) is 23.7 Å². The highest BCUT2D eigenvalue weighted by Crippen LogP contribution is 2.42. The topological polar surface area (TPSA) is 228 Å². The molecule has 2 saturated heterocycles. The predicted octanol–water partition coefficient (Wildman–Crippen LogP) is 5.85. The minimum absolute atomic E-state index is 0.0970. The van der Waals surface area contributed by atoms with Gasteiger partial charge in [-0.3, -0.25) is 24.3 Å². The van der Waals surface area contributed by atoms with Crippen molar-refractivity contribution in [3.05, 3.63) is 86.8 Å². The van der Waals surface area contributed by atoms with Gasteiger partial charge in [0, 0.05) is 79.9 Å². The number of amides is 3. The van der Waals surface area contributed by atoms with Crippen molar-refractivity contribution < 1.29 is 28.1 Å². The maximum absolute atomic E-state index is 13.7. The number of nitrogens with zero attached hydrogens (tertiary/aromatic N) is 6. The Morgan fingerprint density at radius 2 is 1.76 bits per heavy atom. The predicted molar refractivity (Wildman–Crippen MR) is 259 cm³/mol. The number of anilines is 5. The molecule has 2 fully saturated rings. The Balaban J connectivity index is 0.850. The monoisotopic (exact) mass is 981 g/mol. The molecule has 8 rings (SSSR count). The van der Waals surface area contributed by atoms with E-state index in [4.69, 9.17) is 14.1 Å². The molecule has 2 aliphatic rings. The van der Waals surface area contributed by atoms with Crippen LogP contribution in [-0.2, 0) is 38.2 Å². The first kappa shape index (κ1) is 46.4. The number of halogens is 1. The fraction of sp³-hybridized carbons (Fsp3) is 0.391. The summed E-state index contributed by atoms with van der Waals surface area (Å²) >= 11 is 3.59. The van der Waals surface area contributed by atoms with Crippen LogP contribution in [0.5, 0.6) is 5.75 Å². The van der Waals surface area contributed by atoms with Crippen LogP contribution in [0.4, 0.5) is 28.8 Å². The zero-order chi connectivity index (χ0) is 46.7. The van der Waals surface area contributed by atoms with Crippen LogP contribution >= 0.6 is 23.1 Å². The van der Waals surface area contributed by atoms with Crippen LogP contribution in [0, 0.1) is 0 Å². The molecule has 1 atom stereocenters. The molecule has 3 aromatic carbocycles. The number of piperidine rings is 2. The Morgan fingerprint density at radius 1 is 0.955 bits per heavy atom. The van der Waals surface area contributed by atoms with E-state index < -0.39 is 24.8 Å². The molecule has 0 spiro atoms. The first-order chi connectivity index (χ1) is 31.7. The Morgan fingerprint density at radius 3 is 2.48 bits per heavy atom. The summed E-state index contributed by atoms with van der Waals surface area (Å²) in [7, 11) is -1.15. The van der Waals surface area contributed by atoms with E-state index in [0.29, 0.717) is 63.6 Å². The molecule has 18 nitrogen and oxygen atoms in total. The van der Waals surface area contributed by atoms with E-state index in [1.165, 1.54) is 4.57 Å². The molecule has 6 aromatic rings. The van der Waals surface area contributed by atoms with Gasteiger partial charge < -0.3 is 39.9 Å². The van der Waals surface area contributed by atoms with Crippen molar-refractivity contribution in [2.24, 2.45) is 0 Å². The van der Waals surface area contributed by atoms with Gasteiger partial charge >= 0.3 is 5.76 Å². The second kappa shape index (κ2) is 19.7. The molecule has 2 aliphatic heterocycles. The molecule has 1 unspecified atom stereocenters. The first-order valence-corrected chi connectivity index (χ1v) is 25.5. The summed E-state index contributed by atoms with van der Waals surface area (Å²) in [5.74, 6) is 0.462. The van der Waals surface area contributed by atoms with Crippen LogP contribution in [0.2, 0.25) is 0 Å². The van der Waals surface area contributed by atoms with Crippen molar-refractivity contribution in [3.8, 4) is 5.75 Å². The van der Waals surface area contributed by atoms with E-state index in [1.54, 1.807) is 51.0 Å². The smallest absolute Gasteiger partial charge is 0.420 e. The van der Waals surface area contributed by atoms with E-state index in [1.807, 2.05) is 19.1 Å². The lowest BCUT2D eigenvalue weighted by Crippen LogP contribution is -2.45. The van der Waals surface area contributed by atoms with Crippen molar-refractivity contribution in [2.45, 2.75) is 70.9 Å². The van der Waals surface area contributed by atoms with Crippen molar-refractivity contribution in [3.63, 3.8) is 0 Å². The van der Waals surface area contributed by atoms with Gasteiger partial charge in [0.2, 0.25) is 23.7 Å². The van der Waals surface area contributed by atoms with Gasteiger partial charge in [-0.25, -0.2) is 19.7 Å². The standard InChI is InChI=1S/C46H53BrN11O7P/c1-6-27-22-33(54-45-51-25-30(47)43(56-45)53-32-10-9-31-29(42(32)66(4,5)63)24-50-39(7-2)52-31)37(64-3)23-36(27)57-18-14-28(15-19-57)48-16-17-49-41(60)21-26-8-11-34-38(20-26)65-46(62)58(34)35-12-13-40(59)55-44(35)61/h8-11,20,22-25,28,35,48H,6-7,12-19,21H2,1-5H3,(H,49,60)(H,55,59,61)(H2,51,53,54,56). The zero-order valence-electron chi connectivity index (χ0n) is 37.5. The third kappa shape index (κ3) is 10.1. The molecule has 20 heteroatoms. The number of carbonyl (C=O) groups excluding carboxylic acids is 3. The quantitative estimate of drug-likeness (QED) is 0.0435. The number of methoxy groups -OCH3 is 1. The summed E-state index contributed by atoms with van der Waals surface area (Å²) in [6.45, 7) is 10.3. The summed E-state index contributed by atoms with van der Waals surface area (Å²) in [5.41, 5.74) is 5.75. The number of carbonyl (C=O) groups is 3. The van der Waals surface area contributed by atoms with Crippen LogP contribution in [0.15, 0.2) is 68.5 Å². The maximum atomic E-state index is 13.7. The number of aryl methyl sites for hydroxylation is 2. The van der Waals surface area contributed by atoms with Gasteiger partial charge in [0.1, 0.15) is 30.6 Å². The number of oxazole rings is 1. The van der Waals surface area contributed by atoms with Gasteiger partial charge in [0.25, 0.3) is 0 Å². The Labute approximate surface area is 389 Å². The molecule has 3 aromatic heterocycles. The summed E-state index contributed by atoms with van der Waals surface area (Å²) in [4.78, 5) is 70.4. The molecular weight excluding hydrogens is 929 g/mol. The Hall–Kier alpha value is -6.17. The zero-order valence-corrected chi connectivity index (χ0v) is 40.0. The summed E-state index contributed by atoms with van der Waals surface area (Å²) < 4.78 is 26.9. The van der Waals surface area contributed by atoms with Gasteiger partial charge in [-0.2, -0.15) is 4.98 Å². The van der Waals surface area contributed by atoms with E-state index >= 15 is 0 Å². The average Bonchev–Trinajstić information content (AvgIpc) is 3.62. The third-order valence-corrected chi connectivity index (χ3v) is 14.1. The molecule has 5 heterocycles. The van der Waals surface area contributed by atoms with E-state index in [2.05, 4.69) is 81.4 Å². The summed E-state index contributed by atoms with van der Waals surface area (Å²) in [6, 6.07) is 12.4. The van der Waals surface area contributed by atoms with E-state index in [0.717, 1.165) is 66.0 Å². The van der Waals surface area contributed by atoms with Gasteiger partial charge in [0.15, 0.2) is 5.58 Å². The van der Waals surface area contributed by atoms with Crippen molar-refractivity contribution in [1.82, 2.24) is 40.5 Å². The van der Waals surface area contributed by atoms with Gasteiger partial charge in [-0.1, -0.05) is 19.9 Å². The van der Waals surface area contributed by atoms with E-state index in [-0.39, 0.29) is 42.7 Å².